The van der Waals surface area contributed by atoms with Crippen LogP contribution < -0.4 is 29.1 Å². The Balaban J connectivity index is 1.50. The third-order valence-electron chi connectivity index (χ3n) is 7.19. The maximum atomic E-state index is 14.0. The molecule has 11 nitrogen and oxygen atoms in total. The number of aromatic nitrogens is 1. The third kappa shape index (κ3) is 7.33. The van der Waals surface area contributed by atoms with Gasteiger partial charge in [0.05, 0.1) is 40.0 Å². The van der Waals surface area contributed by atoms with Crippen molar-refractivity contribution < 1.29 is 28.7 Å². The van der Waals surface area contributed by atoms with Gasteiger partial charge in [-0.25, -0.2) is 9.79 Å². The van der Waals surface area contributed by atoms with Crippen molar-refractivity contribution in [1.29, 1.82) is 0 Å². The fourth-order valence-corrected chi connectivity index (χ4v) is 6.08. The molecule has 47 heavy (non-hydrogen) atoms. The molecule has 0 fully saturated rings. The van der Waals surface area contributed by atoms with E-state index in [0.717, 1.165) is 5.56 Å². The van der Waals surface area contributed by atoms with E-state index in [1.165, 1.54) is 28.0 Å². The first-order chi connectivity index (χ1) is 22.7. The molecule has 1 aliphatic rings. The Morgan fingerprint density at radius 1 is 1.02 bits per heavy atom. The highest BCUT2D eigenvalue weighted by molar-refractivity contribution is 7.07. The van der Waals surface area contributed by atoms with Gasteiger partial charge >= 0.3 is 5.97 Å². The summed E-state index contributed by atoms with van der Waals surface area (Å²) in [5.74, 6) is 1.06. The van der Waals surface area contributed by atoms with E-state index < -0.39 is 16.9 Å². The molecule has 0 saturated heterocycles. The van der Waals surface area contributed by atoms with Crippen LogP contribution in [0.4, 0.5) is 5.69 Å². The monoisotopic (exact) mass is 655 g/mol. The molecule has 0 radical (unpaired) electrons. The Bertz CT molecular complexity index is 2010. The first-order valence-corrected chi connectivity index (χ1v) is 15.7. The number of fused-ring (bicyclic) bond motifs is 1. The largest absolute Gasteiger partial charge is 0.490 e. The molecule has 1 aromatic heterocycles. The van der Waals surface area contributed by atoms with Crippen LogP contribution in [0.25, 0.3) is 6.08 Å². The normalized spacial score (nSPS) is 14.2. The summed E-state index contributed by atoms with van der Waals surface area (Å²) in [5, 5.41) is 11.0. The zero-order valence-electron chi connectivity index (χ0n) is 26.1. The van der Waals surface area contributed by atoms with E-state index in [1.54, 1.807) is 68.5 Å². The minimum atomic E-state index is -0.755. The average Bonchev–Trinajstić information content (AvgIpc) is 3.37. The molecule has 1 aliphatic heterocycles. The van der Waals surface area contributed by atoms with Gasteiger partial charge in [0.15, 0.2) is 16.3 Å². The molecule has 0 N–H and O–H groups in total. The summed E-state index contributed by atoms with van der Waals surface area (Å²) in [6.07, 6.45) is 3.40. The lowest BCUT2D eigenvalue weighted by Crippen LogP contribution is -2.39. The molecule has 5 rings (SSSR count). The summed E-state index contributed by atoms with van der Waals surface area (Å²) in [6, 6.07) is 17.9. The van der Waals surface area contributed by atoms with Crippen LogP contribution in [0.2, 0.25) is 0 Å². The van der Waals surface area contributed by atoms with Crippen LogP contribution in [-0.4, -0.2) is 35.3 Å². The zero-order valence-corrected chi connectivity index (χ0v) is 27.0. The highest BCUT2D eigenvalue weighted by Crippen LogP contribution is 2.32. The Kier molecular flexibility index (Phi) is 10.3. The van der Waals surface area contributed by atoms with Gasteiger partial charge in [-0.15, -0.1) is 0 Å². The topological polar surface area (TPSA) is 131 Å². The quantitative estimate of drug-likeness (QED) is 0.0826. The summed E-state index contributed by atoms with van der Waals surface area (Å²) in [7, 11) is 0. The maximum Gasteiger partial charge on any atom is 0.338 e. The van der Waals surface area contributed by atoms with Crippen molar-refractivity contribution in [2.24, 2.45) is 4.99 Å². The standard InChI is InChI=1S/C35H33N3O8S/c1-5-18-45-27-15-11-25(12-16-27)32-31(34(40)44-7-3)22(4)36-35-37(32)33(39)30(47-35)20-24-10-17-28(29(19-24)43-6-2)46-21-23-8-13-26(14-9-23)38(41)42/h5,8-17,19-20,32H,1,6-7,18,21H2,2-4H3/b30-20-/t32-/m1/s1. The number of nitrogens with zero attached hydrogens (tertiary/aromatic N) is 3. The van der Waals surface area contributed by atoms with Crippen molar-refractivity contribution in [2.75, 3.05) is 19.8 Å². The van der Waals surface area contributed by atoms with Crippen molar-refractivity contribution in [3.8, 4) is 17.2 Å². The number of nitro benzene ring substituents is 1. The van der Waals surface area contributed by atoms with Gasteiger partial charge in [-0.2, -0.15) is 0 Å². The molecule has 4 aromatic rings. The molecule has 0 bridgehead atoms. The van der Waals surface area contributed by atoms with Gasteiger partial charge < -0.3 is 18.9 Å². The summed E-state index contributed by atoms with van der Waals surface area (Å²) in [5.41, 5.74) is 2.62. The van der Waals surface area contributed by atoms with E-state index in [1.807, 2.05) is 19.1 Å². The average molecular weight is 656 g/mol. The molecular formula is C35H33N3O8S. The van der Waals surface area contributed by atoms with Crippen LogP contribution >= 0.6 is 11.3 Å². The third-order valence-corrected chi connectivity index (χ3v) is 8.17. The van der Waals surface area contributed by atoms with Crippen LogP contribution in [0.15, 0.2) is 100 Å². The molecule has 2 heterocycles. The van der Waals surface area contributed by atoms with Crippen molar-refractivity contribution in [3.05, 3.63) is 137 Å². The zero-order chi connectivity index (χ0) is 33.5. The van der Waals surface area contributed by atoms with E-state index in [4.69, 9.17) is 18.9 Å². The van der Waals surface area contributed by atoms with Gasteiger partial charge in [0, 0.05) is 12.1 Å². The second-order valence-electron chi connectivity index (χ2n) is 10.3. The Morgan fingerprint density at radius 2 is 1.77 bits per heavy atom. The molecule has 0 spiro atoms. The fourth-order valence-electron chi connectivity index (χ4n) is 5.04. The molecule has 1 atom stereocenters. The van der Waals surface area contributed by atoms with E-state index in [2.05, 4.69) is 11.6 Å². The lowest BCUT2D eigenvalue weighted by molar-refractivity contribution is -0.384. The molecule has 242 valence electrons. The number of esters is 1. The molecule has 0 unspecified atom stereocenters. The van der Waals surface area contributed by atoms with Gasteiger partial charge in [-0.05, 0) is 79.9 Å². The Morgan fingerprint density at radius 3 is 2.43 bits per heavy atom. The van der Waals surface area contributed by atoms with Gasteiger partial charge in [0.25, 0.3) is 11.2 Å². The Hall–Kier alpha value is -5.49. The molecule has 12 heteroatoms. The van der Waals surface area contributed by atoms with Gasteiger partial charge in [0.2, 0.25) is 0 Å². The minimum Gasteiger partial charge on any atom is -0.490 e. The van der Waals surface area contributed by atoms with E-state index in [-0.39, 0.29) is 24.5 Å². The fraction of sp³-hybridized carbons (Fsp3) is 0.229. The number of non-ortho nitro benzene ring substituents is 1. The number of thiazole rings is 1. The molecule has 3 aromatic carbocycles. The molecule has 0 saturated carbocycles. The Labute approximate surface area is 274 Å². The summed E-state index contributed by atoms with van der Waals surface area (Å²) in [6.45, 7) is 10.1. The van der Waals surface area contributed by atoms with Crippen LogP contribution in [-0.2, 0) is 16.1 Å². The van der Waals surface area contributed by atoms with Crippen molar-refractivity contribution in [1.82, 2.24) is 4.57 Å². The van der Waals surface area contributed by atoms with Gasteiger partial charge in [-0.1, -0.05) is 42.2 Å². The van der Waals surface area contributed by atoms with Crippen molar-refractivity contribution >= 4 is 29.1 Å². The van der Waals surface area contributed by atoms with Crippen molar-refractivity contribution in [2.45, 2.75) is 33.4 Å². The smallest absolute Gasteiger partial charge is 0.338 e. The van der Waals surface area contributed by atoms with Crippen LogP contribution in [0.1, 0.15) is 43.5 Å². The lowest BCUT2D eigenvalue weighted by Gasteiger charge is -2.24. The maximum absolute atomic E-state index is 14.0. The van der Waals surface area contributed by atoms with Crippen molar-refractivity contribution in [3.63, 3.8) is 0 Å². The van der Waals surface area contributed by atoms with E-state index >= 15 is 0 Å². The van der Waals surface area contributed by atoms with Crippen LogP contribution in [0, 0.1) is 10.1 Å². The number of allylic oxidation sites excluding steroid dienone is 1. The number of benzene rings is 3. The van der Waals surface area contributed by atoms with Gasteiger partial charge in [-0.3, -0.25) is 19.5 Å². The number of hydrogen-bond acceptors (Lipinski definition) is 10. The SMILES string of the molecule is C=CCOc1ccc([C@@H]2C(C(=O)OCC)=C(C)N=c3s/c(=C\c4ccc(OCc5ccc([N+](=O)[O-])cc5)c(OCC)c4)c(=O)n32)cc1. The highest BCUT2D eigenvalue weighted by Gasteiger charge is 2.33. The number of nitro groups is 1. The lowest BCUT2D eigenvalue weighted by atomic mass is 9.96. The molecule has 0 aliphatic carbocycles. The number of carbonyl (C=O) groups is 1. The second kappa shape index (κ2) is 14.7. The second-order valence-corrected chi connectivity index (χ2v) is 11.3. The summed E-state index contributed by atoms with van der Waals surface area (Å²) in [4.78, 5) is 42.8. The number of rotatable bonds is 13. The summed E-state index contributed by atoms with van der Waals surface area (Å²) >= 11 is 1.22. The predicted molar refractivity (Wildman–Crippen MR) is 178 cm³/mol. The van der Waals surface area contributed by atoms with E-state index in [9.17, 15) is 19.7 Å². The first kappa shape index (κ1) is 32.9. The summed E-state index contributed by atoms with van der Waals surface area (Å²) < 4.78 is 24.8. The van der Waals surface area contributed by atoms with Crippen LogP contribution in [0.3, 0.4) is 0 Å². The molecule has 0 amide bonds. The number of carbonyl (C=O) groups excluding carboxylic acids is 1. The number of ether oxygens (including phenoxy) is 4. The first-order valence-electron chi connectivity index (χ1n) is 14.9. The predicted octanol–water partition coefficient (Wildman–Crippen LogP) is 5.25. The van der Waals surface area contributed by atoms with Gasteiger partial charge in [0.1, 0.15) is 19.0 Å². The van der Waals surface area contributed by atoms with E-state index in [0.29, 0.717) is 62.2 Å². The minimum absolute atomic E-state index is 0.00347. The number of hydrogen-bond donors (Lipinski definition) is 0. The van der Waals surface area contributed by atoms with Crippen LogP contribution in [0.5, 0.6) is 17.2 Å². The highest BCUT2D eigenvalue weighted by atomic mass is 32.1. The molecular weight excluding hydrogens is 622 g/mol.